The Kier molecular flexibility index (Phi) is 5.01. The quantitative estimate of drug-likeness (QED) is 0.843. The van der Waals surface area contributed by atoms with Crippen LogP contribution in [0.4, 0.5) is 0 Å². The summed E-state index contributed by atoms with van der Waals surface area (Å²) in [6.07, 6.45) is 1.92. The van der Waals surface area contributed by atoms with Gasteiger partial charge in [-0.25, -0.2) is 4.98 Å². The van der Waals surface area contributed by atoms with Crippen molar-refractivity contribution >= 4 is 27.5 Å². The Morgan fingerprint density at radius 2 is 1.96 bits per heavy atom. The van der Waals surface area contributed by atoms with Crippen LogP contribution in [0.25, 0.3) is 10.2 Å². The molecular formula is C17H24N4O2S. The molecule has 1 aliphatic heterocycles. The van der Waals surface area contributed by atoms with E-state index >= 15 is 0 Å². The van der Waals surface area contributed by atoms with E-state index in [9.17, 15) is 9.59 Å². The normalized spacial score (nSPS) is 16.0. The van der Waals surface area contributed by atoms with Crippen LogP contribution in [0.15, 0.2) is 11.1 Å². The Morgan fingerprint density at radius 3 is 2.62 bits per heavy atom. The number of carbonyl (C=O) groups is 1. The van der Waals surface area contributed by atoms with Crippen LogP contribution in [0, 0.1) is 13.8 Å². The lowest BCUT2D eigenvalue weighted by Crippen LogP contribution is -2.48. The average molecular weight is 348 g/mol. The van der Waals surface area contributed by atoms with E-state index in [0.717, 1.165) is 48.0 Å². The van der Waals surface area contributed by atoms with Crippen molar-refractivity contribution in [3.8, 4) is 0 Å². The summed E-state index contributed by atoms with van der Waals surface area (Å²) in [5.74, 6) is 0.121. The molecule has 0 aliphatic carbocycles. The van der Waals surface area contributed by atoms with Gasteiger partial charge < -0.3 is 9.80 Å². The Balaban J connectivity index is 1.68. The topological polar surface area (TPSA) is 58.4 Å². The van der Waals surface area contributed by atoms with Crippen molar-refractivity contribution in [1.82, 2.24) is 19.4 Å². The molecule has 0 unspecified atom stereocenters. The van der Waals surface area contributed by atoms with Gasteiger partial charge in [-0.1, -0.05) is 6.92 Å². The van der Waals surface area contributed by atoms with Crippen molar-refractivity contribution in [2.24, 2.45) is 0 Å². The molecule has 2 aromatic heterocycles. The minimum absolute atomic E-state index is 0.0366. The summed E-state index contributed by atoms with van der Waals surface area (Å²) in [7, 11) is 0. The lowest BCUT2D eigenvalue weighted by molar-refractivity contribution is -0.133. The van der Waals surface area contributed by atoms with Gasteiger partial charge in [0.05, 0.1) is 11.7 Å². The molecule has 0 atom stereocenters. The van der Waals surface area contributed by atoms with Crippen LogP contribution in [0.3, 0.4) is 0 Å². The summed E-state index contributed by atoms with van der Waals surface area (Å²) < 4.78 is 1.57. The third-order valence-electron chi connectivity index (χ3n) is 4.89. The third kappa shape index (κ3) is 3.23. The Labute approximate surface area is 145 Å². The number of hydrogen-bond donors (Lipinski definition) is 0. The van der Waals surface area contributed by atoms with Crippen molar-refractivity contribution in [2.75, 3.05) is 32.7 Å². The highest BCUT2D eigenvalue weighted by molar-refractivity contribution is 7.18. The van der Waals surface area contributed by atoms with Gasteiger partial charge in [-0.3, -0.25) is 14.2 Å². The zero-order valence-corrected chi connectivity index (χ0v) is 15.4. The predicted octanol–water partition coefficient (Wildman–Crippen LogP) is 1.63. The Morgan fingerprint density at radius 1 is 1.25 bits per heavy atom. The Bertz CT molecular complexity index is 803. The van der Waals surface area contributed by atoms with Crippen molar-refractivity contribution in [3.63, 3.8) is 0 Å². The van der Waals surface area contributed by atoms with Crippen LogP contribution >= 0.6 is 11.3 Å². The molecule has 0 spiro atoms. The van der Waals surface area contributed by atoms with Crippen LogP contribution in [0.1, 0.15) is 23.8 Å². The lowest BCUT2D eigenvalue weighted by Gasteiger charge is -2.34. The molecule has 2 aromatic rings. The number of aromatic nitrogens is 2. The van der Waals surface area contributed by atoms with E-state index in [4.69, 9.17) is 0 Å². The third-order valence-corrected chi connectivity index (χ3v) is 6.01. The fraction of sp³-hybridized carbons (Fsp3) is 0.588. The van der Waals surface area contributed by atoms with Crippen molar-refractivity contribution in [3.05, 3.63) is 27.1 Å². The highest BCUT2D eigenvalue weighted by Crippen LogP contribution is 2.25. The van der Waals surface area contributed by atoms with Gasteiger partial charge in [0, 0.05) is 44.0 Å². The molecule has 1 saturated heterocycles. The molecule has 1 aliphatic rings. The van der Waals surface area contributed by atoms with Crippen LogP contribution < -0.4 is 5.56 Å². The summed E-state index contributed by atoms with van der Waals surface area (Å²) in [6.45, 7) is 11.0. The maximum absolute atomic E-state index is 12.6. The van der Waals surface area contributed by atoms with Gasteiger partial charge in [-0.15, -0.1) is 11.3 Å². The van der Waals surface area contributed by atoms with Gasteiger partial charge >= 0.3 is 0 Å². The van der Waals surface area contributed by atoms with Crippen molar-refractivity contribution in [2.45, 2.75) is 33.7 Å². The molecule has 24 heavy (non-hydrogen) atoms. The van der Waals surface area contributed by atoms with E-state index in [1.165, 1.54) is 0 Å². The van der Waals surface area contributed by atoms with Crippen LogP contribution in [-0.4, -0.2) is 58.0 Å². The summed E-state index contributed by atoms with van der Waals surface area (Å²) in [5.41, 5.74) is 0.967. The molecule has 0 bridgehead atoms. The largest absolute Gasteiger partial charge is 0.340 e. The zero-order chi connectivity index (χ0) is 17.3. The second-order valence-corrected chi connectivity index (χ2v) is 7.47. The van der Waals surface area contributed by atoms with E-state index in [1.54, 1.807) is 22.2 Å². The highest BCUT2D eigenvalue weighted by atomic mass is 32.1. The second kappa shape index (κ2) is 7.03. The predicted molar refractivity (Wildman–Crippen MR) is 96.7 cm³/mol. The zero-order valence-electron chi connectivity index (χ0n) is 14.5. The first kappa shape index (κ1) is 17.1. The Hall–Kier alpha value is -1.73. The van der Waals surface area contributed by atoms with E-state index in [1.807, 2.05) is 18.7 Å². The molecule has 0 N–H and O–H groups in total. The first-order valence-electron chi connectivity index (χ1n) is 8.46. The fourth-order valence-corrected chi connectivity index (χ4v) is 4.10. The smallest absolute Gasteiger partial charge is 0.262 e. The lowest BCUT2D eigenvalue weighted by atomic mass is 10.2. The van der Waals surface area contributed by atoms with E-state index < -0.39 is 0 Å². The number of nitrogens with zero attached hydrogens (tertiary/aromatic N) is 4. The molecule has 0 radical (unpaired) electrons. The summed E-state index contributed by atoms with van der Waals surface area (Å²) >= 11 is 1.55. The first-order valence-corrected chi connectivity index (χ1v) is 9.28. The number of carbonyl (C=O) groups excluding carboxylic acids is 1. The fourth-order valence-electron chi connectivity index (χ4n) is 3.12. The molecule has 6 nitrogen and oxygen atoms in total. The SMILES string of the molecule is CCN1CCN(C(=O)CCn2cnc3sc(C)c(C)c3c2=O)CC1. The maximum atomic E-state index is 12.6. The highest BCUT2D eigenvalue weighted by Gasteiger charge is 2.20. The van der Waals surface area contributed by atoms with Crippen molar-refractivity contribution < 1.29 is 4.79 Å². The van der Waals surface area contributed by atoms with Gasteiger partial charge in [0.1, 0.15) is 4.83 Å². The molecule has 3 rings (SSSR count). The molecular weight excluding hydrogens is 324 g/mol. The summed E-state index contributed by atoms with van der Waals surface area (Å²) in [6, 6.07) is 0. The van der Waals surface area contributed by atoms with Gasteiger partial charge in [0.15, 0.2) is 0 Å². The molecule has 0 saturated carbocycles. The maximum Gasteiger partial charge on any atom is 0.262 e. The minimum atomic E-state index is -0.0366. The average Bonchev–Trinajstić information content (AvgIpc) is 2.89. The molecule has 3 heterocycles. The monoisotopic (exact) mass is 348 g/mol. The number of likely N-dealkylation sites (N-methyl/N-ethyl adjacent to an activating group) is 1. The van der Waals surface area contributed by atoms with E-state index in [2.05, 4.69) is 16.8 Å². The number of rotatable bonds is 4. The first-order chi connectivity index (χ1) is 11.5. The van der Waals surface area contributed by atoms with Gasteiger partial charge in [-0.05, 0) is 26.0 Å². The van der Waals surface area contributed by atoms with E-state index in [-0.39, 0.29) is 11.5 Å². The number of hydrogen-bond acceptors (Lipinski definition) is 5. The molecule has 1 fully saturated rings. The van der Waals surface area contributed by atoms with Gasteiger partial charge in [0.2, 0.25) is 5.91 Å². The van der Waals surface area contributed by atoms with Crippen LogP contribution in [0.5, 0.6) is 0 Å². The second-order valence-electron chi connectivity index (χ2n) is 6.27. The number of fused-ring (bicyclic) bond motifs is 1. The molecule has 1 amide bonds. The van der Waals surface area contributed by atoms with Crippen LogP contribution in [-0.2, 0) is 11.3 Å². The minimum Gasteiger partial charge on any atom is -0.340 e. The molecule has 130 valence electrons. The van der Waals surface area contributed by atoms with Crippen molar-refractivity contribution in [1.29, 1.82) is 0 Å². The number of aryl methyl sites for hydroxylation is 3. The molecule has 7 heteroatoms. The summed E-state index contributed by atoms with van der Waals surface area (Å²) in [5, 5.41) is 0.698. The van der Waals surface area contributed by atoms with Gasteiger partial charge in [-0.2, -0.15) is 0 Å². The number of amides is 1. The number of piperazine rings is 1. The number of thiophene rings is 1. The molecule has 0 aromatic carbocycles. The standard InChI is InChI=1S/C17H24N4O2S/c1-4-19-7-9-20(10-8-19)14(22)5-6-21-11-18-16-15(17(21)23)12(2)13(3)24-16/h11H,4-10H2,1-3H3. The van der Waals surface area contributed by atoms with Crippen LogP contribution in [0.2, 0.25) is 0 Å². The van der Waals surface area contributed by atoms with E-state index in [0.29, 0.717) is 18.4 Å². The van der Waals surface area contributed by atoms with Gasteiger partial charge in [0.25, 0.3) is 5.56 Å². The summed E-state index contributed by atoms with van der Waals surface area (Å²) in [4.78, 5) is 35.6.